The highest BCUT2D eigenvalue weighted by Crippen LogP contribution is 2.13. The van der Waals surface area contributed by atoms with Gasteiger partial charge in [-0.1, -0.05) is 20.3 Å². The second-order valence-corrected chi connectivity index (χ2v) is 5.73. The van der Waals surface area contributed by atoms with Gasteiger partial charge in [0.15, 0.2) is 0 Å². The lowest BCUT2D eigenvalue weighted by Crippen LogP contribution is -2.44. The zero-order chi connectivity index (χ0) is 13.8. The van der Waals surface area contributed by atoms with E-state index in [2.05, 4.69) is 9.71 Å². The third-order valence-electron chi connectivity index (χ3n) is 2.71. The Labute approximate surface area is 106 Å². The van der Waals surface area contributed by atoms with E-state index in [4.69, 9.17) is 5.11 Å². The Morgan fingerprint density at radius 1 is 1.56 bits per heavy atom. The number of pyridine rings is 1. The number of carbonyl (C=O) groups is 1. The maximum atomic E-state index is 12.0. The molecule has 0 saturated heterocycles. The first-order valence-corrected chi connectivity index (χ1v) is 7.02. The van der Waals surface area contributed by atoms with E-state index in [0.29, 0.717) is 6.42 Å². The summed E-state index contributed by atoms with van der Waals surface area (Å²) in [5.41, 5.74) is 0. The van der Waals surface area contributed by atoms with E-state index in [1.807, 2.05) is 0 Å². The fraction of sp³-hybridized carbons (Fsp3) is 0.455. The van der Waals surface area contributed by atoms with Crippen molar-refractivity contribution in [3.8, 4) is 0 Å². The molecule has 0 aliphatic rings. The number of carboxylic acid groups (broad SMARTS) is 1. The van der Waals surface area contributed by atoms with Crippen molar-refractivity contribution < 1.29 is 18.3 Å². The summed E-state index contributed by atoms with van der Waals surface area (Å²) in [7, 11) is -3.85. The highest BCUT2D eigenvalue weighted by atomic mass is 32.2. The van der Waals surface area contributed by atoms with E-state index < -0.39 is 22.0 Å². The molecular weight excluding hydrogens is 256 g/mol. The van der Waals surface area contributed by atoms with Gasteiger partial charge in [-0.2, -0.15) is 4.72 Å². The molecule has 0 fully saturated rings. The fourth-order valence-electron chi connectivity index (χ4n) is 1.39. The van der Waals surface area contributed by atoms with Crippen LogP contribution in [0.4, 0.5) is 0 Å². The molecule has 2 N–H and O–H groups in total. The van der Waals surface area contributed by atoms with Crippen LogP contribution in [0.1, 0.15) is 20.3 Å². The third-order valence-corrected chi connectivity index (χ3v) is 4.13. The maximum Gasteiger partial charge on any atom is 0.322 e. The van der Waals surface area contributed by atoms with Gasteiger partial charge in [0.25, 0.3) is 0 Å². The van der Waals surface area contributed by atoms with E-state index in [9.17, 15) is 13.2 Å². The molecule has 0 aliphatic carbocycles. The monoisotopic (exact) mass is 272 g/mol. The molecule has 1 aromatic rings. The van der Waals surface area contributed by atoms with Gasteiger partial charge in [-0.05, 0) is 18.1 Å². The topological polar surface area (TPSA) is 96.4 Å². The summed E-state index contributed by atoms with van der Waals surface area (Å²) in [4.78, 5) is 14.7. The van der Waals surface area contributed by atoms with Gasteiger partial charge in [0, 0.05) is 12.4 Å². The first-order valence-electron chi connectivity index (χ1n) is 5.53. The summed E-state index contributed by atoms with van der Waals surface area (Å²) in [6.07, 6.45) is 3.19. The van der Waals surface area contributed by atoms with Gasteiger partial charge in [-0.15, -0.1) is 0 Å². The van der Waals surface area contributed by atoms with Crippen LogP contribution in [-0.4, -0.2) is 30.5 Å². The second kappa shape index (κ2) is 5.92. The molecule has 0 saturated carbocycles. The number of aromatic nitrogens is 1. The van der Waals surface area contributed by atoms with Gasteiger partial charge in [-0.25, -0.2) is 8.42 Å². The molecule has 18 heavy (non-hydrogen) atoms. The molecule has 0 aromatic carbocycles. The molecule has 2 atom stereocenters. The van der Waals surface area contributed by atoms with Crippen molar-refractivity contribution in [2.24, 2.45) is 5.92 Å². The van der Waals surface area contributed by atoms with E-state index in [1.54, 1.807) is 13.8 Å². The Morgan fingerprint density at radius 3 is 2.67 bits per heavy atom. The van der Waals surface area contributed by atoms with Gasteiger partial charge in [0.1, 0.15) is 10.9 Å². The van der Waals surface area contributed by atoms with Crippen molar-refractivity contribution in [3.05, 3.63) is 24.5 Å². The summed E-state index contributed by atoms with van der Waals surface area (Å²) < 4.78 is 26.1. The molecule has 1 aromatic heterocycles. The number of sulfonamides is 1. The standard InChI is InChI=1S/C11H16N2O4S/c1-3-8(2)10(11(14)15)13-18(16,17)9-5-4-6-12-7-9/h4-8,10,13H,3H2,1-2H3,(H,14,15)/t8?,10-/m0/s1. The van der Waals surface area contributed by atoms with E-state index in [0.717, 1.165) is 0 Å². The lowest BCUT2D eigenvalue weighted by atomic mass is 10.0. The Hall–Kier alpha value is -1.47. The van der Waals surface area contributed by atoms with Gasteiger partial charge in [0.2, 0.25) is 10.0 Å². The molecule has 0 radical (unpaired) electrons. The number of carboxylic acids is 1. The van der Waals surface area contributed by atoms with Crippen LogP contribution in [0.5, 0.6) is 0 Å². The maximum absolute atomic E-state index is 12.0. The van der Waals surface area contributed by atoms with Gasteiger partial charge in [-0.3, -0.25) is 9.78 Å². The highest BCUT2D eigenvalue weighted by molar-refractivity contribution is 7.89. The van der Waals surface area contributed by atoms with Crippen molar-refractivity contribution in [1.29, 1.82) is 0 Å². The predicted molar refractivity (Wildman–Crippen MR) is 65.4 cm³/mol. The van der Waals surface area contributed by atoms with Crippen LogP contribution in [0, 0.1) is 5.92 Å². The summed E-state index contributed by atoms with van der Waals surface area (Å²) in [6, 6.07) is 1.71. The summed E-state index contributed by atoms with van der Waals surface area (Å²) in [5, 5.41) is 9.04. The van der Waals surface area contributed by atoms with Gasteiger partial charge < -0.3 is 5.11 Å². The summed E-state index contributed by atoms with van der Waals surface area (Å²) in [5.74, 6) is -1.48. The first-order chi connectivity index (χ1) is 8.38. The number of hydrogen-bond donors (Lipinski definition) is 2. The molecule has 6 nitrogen and oxygen atoms in total. The zero-order valence-corrected chi connectivity index (χ0v) is 11.0. The average Bonchev–Trinajstić information content (AvgIpc) is 2.36. The number of nitrogens with zero attached hydrogens (tertiary/aromatic N) is 1. The van der Waals surface area contributed by atoms with Gasteiger partial charge in [0.05, 0.1) is 0 Å². The van der Waals surface area contributed by atoms with Crippen molar-refractivity contribution in [3.63, 3.8) is 0 Å². The quantitative estimate of drug-likeness (QED) is 0.800. The highest BCUT2D eigenvalue weighted by Gasteiger charge is 2.29. The summed E-state index contributed by atoms with van der Waals surface area (Å²) >= 11 is 0. The van der Waals surface area contributed by atoms with E-state index >= 15 is 0 Å². The van der Waals surface area contributed by atoms with Gasteiger partial charge >= 0.3 is 5.97 Å². The lowest BCUT2D eigenvalue weighted by Gasteiger charge is -2.19. The Morgan fingerprint density at radius 2 is 2.22 bits per heavy atom. The average molecular weight is 272 g/mol. The Bertz CT molecular complexity index is 501. The van der Waals surface area contributed by atoms with Crippen LogP contribution in [0.3, 0.4) is 0 Å². The smallest absolute Gasteiger partial charge is 0.322 e. The molecule has 1 rings (SSSR count). The molecule has 0 aliphatic heterocycles. The zero-order valence-electron chi connectivity index (χ0n) is 10.2. The molecule has 0 spiro atoms. The lowest BCUT2D eigenvalue weighted by molar-refractivity contribution is -0.140. The minimum absolute atomic E-state index is 0.0421. The molecule has 1 unspecified atom stereocenters. The van der Waals surface area contributed by atoms with Crippen LogP contribution in [0.25, 0.3) is 0 Å². The van der Waals surface area contributed by atoms with Crippen molar-refractivity contribution >= 4 is 16.0 Å². The molecule has 7 heteroatoms. The Kier molecular flexibility index (Phi) is 4.80. The van der Waals surface area contributed by atoms with Crippen molar-refractivity contribution in [1.82, 2.24) is 9.71 Å². The minimum Gasteiger partial charge on any atom is -0.480 e. The molecule has 100 valence electrons. The largest absolute Gasteiger partial charge is 0.480 e. The van der Waals surface area contributed by atoms with E-state index in [-0.39, 0.29) is 10.8 Å². The van der Waals surface area contributed by atoms with Crippen LogP contribution in [0.2, 0.25) is 0 Å². The third kappa shape index (κ3) is 3.51. The van der Waals surface area contributed by atoms with Crippen LogP contribution in [0.15, 0.2) is 29.4 Å². The van der Waals surface area contributed by atoms with Crippen molar-refractivity contribution in [2.75, 3.05) is 0 Å². The SMILES string of the molecule is CCC(C)[C@H](NS(=O)(=O)c1cccnc1)C(=O)O. The fourth-order valence-corrected chi connectivity index (χ4v) is 2.65. The second-order valence-electron chi connectivity index (χ2n) is 4.01. The molecule has 0 bridgehead atoms. The van der Waals surface area contributed by atoms with Crippen molar-refractivity contribution in [2.45, 2.75) is 31.2 Å². The number of nitrogens with one attached hydrogen (secondary N) is 1. The normalized spacial score (nSPS) is 15.0. The minimum atomic E-state index is -3.85. The van der Waals surface area contributed by atoms with E-state index in [1.165, 1.54) is 24.5 Å². The molecular formula is C11H16N2O4S. The Balaban J connectivity index is 2.97. The van der Waals surface area contributed by atoms with Crippen LogP contribution in [-0.2, 0) is 14.8 Å². The predicted octanol–water partition coefficient (Wildman–Crippen LogP) is 0.859. The number of rotatable bonds is 6. The number of hydrogen-bond acceptors (Lipinski definition) is 4. The van der Waals surface area contributed by atoms with Crippen LogP contribution >= 0.6 is 0 Å². The molecule has 1 heterocycles. The molecule has 0 amide bonds. The first kappa shape index (κ1) is 14.6. The number of aliphatic carboxylic acids is 1. The van der Waals surface area contributed by atoms with Crippen LogP contribution < -0.4 is 4.72 Å². The summed E-state index contributed by atoms with van der Waals surface area (Å²) in [6.45, 7) is 3.49.